The summed E-state index contributed by atoms with van der Waals surface area (Å²) in [6, 6.07) is 5.81. The summed E-state index contributed by atoms with van der Waals surface area (Å²) in [4.78, 5) is 11.3. The second-order valence-corrected chi connectivity index (χ2v) is 4.79. The molecule has 2 heterocycles. The van der Waals surface area contributed by atoms with Crippen molar-refractivity contribution in [2.75, 3.05) is 11.9 Å². The maximum atomic E-state index is 11.3. The Labute approximate surface area is 116 Å². The number of nitrogens with zero attached hydrogens (tertiary/aromatic N) is 1. The number of fused-ring (bicyclic) bond motifs is 1. The molecular weight excluding hydrogens is 256 g/mol. The summed E-state index contributed by atoms with van der Waals surface area (Å²) < 4.78 is 5.32. The Morgan fingerprint density at radius 2 is 2.30 bits per heavy atom. The molecule has 104 valence electrons. The number of aromatic amines is 1. The number of ether oxygens (including phenoxy) is 1. The van der Waals surface area contributed by atoms with E-state index in [9.17, 15) is 4.79 Å². The number of carbonyl (C=O) groups excluding carboxylic acids is 1. The van der Waals surface area contributed by atoms with Crippen LogP contribution in [0.1, 0.15) is 16.8 Å². The van der Waals surface area contributed by atoms with Crippen LogP contribution in [0.4, 0.5) is 5.69 Å². The molecule has 20 heavy (non-hydrogen) atoms. The van der Waals surface area contributed by atoms with Crippen LogP contribution in [-0.2, 0) is 17.9 Å². The summed E-state index contributed by atoms with van der Waals surface area (Å²) in [6.45, 7) is 3.55. The Morgan fingerprint density at radius 3 is 3.10 bits per heavy atom. The highest BCUT2D eigenvalue weighted by atomic mass is 16.5. The van der Waals surface area contributed by atoms with Crippen molar-refractivity contribution in [3.63, 3.8) is 0 Å². The predicted molar refractivity (Wildman–Crippen MR) is 74.4 cm³/mol. The lowest BCUT2D eigenvalue weighted by molar-refractivity contribution is -0.118. The molecule has 0 radical (unpaired) electrons. The largest absolute Gasteiger partial charge is 0.482 e. The van der Waals surface area contributed by atoms with Crippen LogP contribution in [0.3, 0.4) is 0 Å². The lowest BCUT2D eigenvalue weighted by Crippen LogP contribution is -2.25. The number of amides is 1. The molecule has 2 aromatic rings. The standard InChI is InChI=1S/C14H16N4O2/c1-9-11(7-16-18-9)6-15-5-10-2-3-13-12(4-10)17-14(19)8-20-13/h2-4,7,15H,5-6,8H2,1H3,(H,16,18)(H,17,19). The maximum absolute atomic E-state index is 11.3. The van der Waals surface area contributed by atoms with Gasteiger partial charge in [-0.15, -0.1) is 0 Å². The second kappa shape index (κ2) is 5.34. The van der Waals surface area contributed by atoms with Crippen molar-refractivity contribution in [1.82, 2.24) is 15.5 Å². The van der Waals surface area contributed by atoms with Gasteiger partial charge in [0.25, 0.3) is 5.91 Å². The lowest BCUT2D eigenvalue weighted by Gasteiger charge is -2.18. The number of benzene rings is 1. The molecule has 3 rings (SSSR count). The molecule has 0 atom stereocenters. The van der Waals surface area contributed by atoms with E-state index in [1.54, 1.807) is 0 Å². The zero-order valence-corrected chi connectivity index (χ0v) is 11.2. The van der Waals surface area contributed by atoms with E-state index in [1.807, 2.05) is 31.3 Å². The van der Waals surface area contributed by atoms with Crippen LogP contribution >= 0.6 is 0 Å². The van der Waals surface area contributed by atoms with Crippen LogP contribution in [0.2, 0.25) is 0 Å². The molecule has 0 spiro atoms. The molecule has 6 nitrogen and oxygen atoms in total. The molecule has 0 saturated carbocycles. The molecule has 1 aliphatic heterocycles. The smallest absolute Gasteiger partial charge is 0.262 e. The Bertz CT molecular complexity index is 636. The van der Waals surface area contributed by atoms with E-state index in [0.29, 0.717) is 6.54 Å². The minimum Gasteiger partial charge on any atom is -0.482 e. The molecule has 0 bridgehead atoms. The van der Waals surface area contributed by atoms with E-state index in [4.69, 9.17) is 4.74 Å². The van der Waals surface area contributed by atoms with Gasteiger partial charge in [0.2, 0.25) is 0 Å². The molecule has 0 saturated heterocycles. The minimum atomic E-state index is -0.114. The van der Waals surface area contributed by atoms with Gasteiger partial charge in [-0.05, 0) is 24.6 Å². The Balaban J connectivity index is 1.62. The summed E-state index contributed by atoms with van der Waals surface area (Å²) >= 11 is 0. The fraction of sp³-hybridized carbons (Fsp3) is 0.286. The number of hydrogen-bond acceptors (Lipinski definition) is 4. The number of H-pyrrole nitrogens is 1. The zero-order valence-electron chi connectivity index (χ0n) is 11.2. The van der Waals surface area contributed by atoms with Crippen LogP contribution in [-0.4, -0.2) is 22.7 Å². The van der Waals surface area contributed by atoms with E-state index >= 15 is 0 Å². The highest BCUT2D eigenvalue weighted by molar-refractivity contribution is 5.95. The van der Waals surface area contributed by atoms with Gasteiger partial charge < -0.3 is 15.4 Å². The fourth-order valence-electron chi connectivity index (χ4n) is 2.14. The summed E-state index contributed by atoms with van der Waals surface area (Å²) in [7, 11) is 0. The Morgan fingerprint density at radius 1 is 1.40 bits per heavy atom. The Hall–Kier alpha value is -2.34. The number of aryl methyl sites for hydroxylation is 1. The molecule has 1 aromatic heterocycles. The molecule has 0 aliphatic carbocycles. The first-order valence-corrected chi connectivity index (χ1v) is 6.47. The number of carbonyl (C=O) groups is 1. The molecule has 1 amide bonds. The summed E-state index contributed by atoms with van der Waals surface area (Å²) in [5, 5.41) is 13.0. The molecule has 1 aliphatic rings. The van der Waals surface area contributed by atoms with Crippen LogP contribution < -0.4 is 15.4 Å². The summed E-state index contributed by atoms with van der Waals surface area (Å²) in [5.74, 6) is 0.607. The quantitative estimate of drug-likeness (QED) is 0.784. The minimum absolute atomic E-state index is 0.0877. The van der Waals surface area contributed by atoms with Crippen LogP contribution in [0.25, 0.3) is 0 Å². The highest BCUT2D eigenvalue weighted by Crippen LogP contribution is 2.28. The third-order valence-corrected chi connectivity index (χ3v) is 3.26. The first kappa shape index (κ1) is 12.7. The van der Waals surface area contributed by atoms with Gasteiger partial charge in [0.1, 0.15) is 5.75 Å². The summed E-state index contributed by atoms with van der Waals surface area (Å²) in [6.07, 6.45) is 1.82. The number of rotatable bonds is 4. The molecule has 1 aromatic carbocycles. The Kier molecular flexibility index (Phi) is 3.39. The van der Waals surface area contributed by atoms with Gasteiger partial charge in [-0.1, -0.05) is 6.07 Å². The number of anilines is 1. The lowest BCUT2D eigenvalue weighted by atomic mass is 10.1. The van der Waals surface area contributed by atoms with Gasteiger partial charge >= 0.3 is 0 Å². The first-order chi connectivity index (χ1) is 9.72. The van der Waals surface area contributed by atoms with Crippen molar-refractivity contribution in [1.29, 1.82) is 0 Å². The molecule has 0 unspecified atom stereocenters. The van der Waals surface area contributed by atoms with Crippen molar-refractivity contribution in [2.45, 2.75) is 20.0 Å². The molecule has 0 fully saturated rings. The van der Waals surface area contributed by atoms with E-state index in [1.165, 1.54) is 0 Å². The number of hydrogen-bond donors (Lipinski definition) is 3. The molecular formula is C14H16N4O2. The second-order valence-electron chi connectivity index (χ2n) is 4.79. The normalized spacial score (nSPS) is 13.6. The van der Waals surface area contributed by atoms with Crippen LogP contribution in [0.5, 0.6) is 5.75 Å². The monoisotopic (exact) mass is 272 g/mol. The first-order valence-electron chi connectivity index (χ1n) is 6.47. The SMILES string of the molecule is Cc1[nH]ncc1CNCc1ccc2c(c1)NC(=O)CO2. The van der Waals surface area contributed by atoms with Gasteiger partial charge in [-0.2, -0.15) is 5.10 Å². The molecule has 3 N–H and O–H groups in total. The van der Waals surface area contributed by atoms with Crippen LogP contribution in [0.15, 0.2) is 24.4 Å². The van der Waals surface area contributed by atoms with E-state index in [0.717, 1.165) is 34.8 Å². The average Bonchev–Trinajstić information content (AvgIpc) is 2.84. The van der Waals surface area contributed by atoms with Crippen molar-refractivity contribution in [2.24, 2.45) is 0 Å². The van der Waals surface area contributed by atoms with Crippen molar-refractivity contribution in [3.05, 3.63) is 41.2 Å². The molecule has 6 heteroatoms. The van der Waals surface area contributed by atoms with Crippen molar-refractivity contribution >= 4 is 11.6 Å². The number of nitrogens with one attached hydrogen (secondary N) is 3. The topological polar surface area (TPSA) is 79.0 Å². The van der Waals surface area contributed by atoms with Crippen molar-refractivity contribution in [3.8, 4) is 5.75 Å². The van der Waals surface area contributed by atoms with E-state index in [-0.39, 0.29) is 12.5 Å². The van der Waals surface area contributed by atoms with Gasteiger partial charge in [0.15, 0.2) is 6.61 Å². The highest BCUT2D eigenvalue weighted by Gasteiger charge is 2.15. The van der Waals surface area contributed by atoms with Gasteiger partial charge in [0.05, 0.1) is 11.9 Å². The average molecular weight is 272 g/mol. The zero-order chi connectivity index (χ0) is 13.9. The van der Waals surface area contributed by atoms with E-state index < -0.39 is 0 Å². The van der Waals surface area contributed by atoms with Crippen LogP contribution in [0, 0.1) is 6.92 Å². The van der Waals surface area contributed by atoms with E-state index in [2.05, 4.69) is 20.8 Å². The van der Waals surface area contributed by atoms with Gasteiger partial charge in [0, 0.05) is 24.3 Å². The maximum Gasteiger partial charge on any atom is 0.262 e. The third-order valence-electron chi connectivity index (χ3n) is 3.26. The van der Waals surface area contributed by atoms with Gasteiger partial charge in [-0.3, -0.25) is 9.89 Å². The summed E-state index contributed by atoms with van der Waals surface area (Å²) in [5.41, 5.74) is 4.05. The van der Waals surface area contributed by atoms with Crippen molar-refractivity contribution < 1.29 is 9.53 Å². The number of aromatic nitrogens is 2. The van der Waals surface area contributed by atoms with Gasteiger partial charge in [-0.25, -0.2) is 0 Å². The fourth-order valence-corrected chi connectivity index (χ4v) is 2.14. The third kappa shape index (κ3) is 2.65. The predicted octanol–water partition coefficient (Wildman–Crippen LogP) is 1.34.